The van der Waals surface area contributed by atoms with Gasteiger partial charge in [-0.3, -0.25) is 9.59 Å². The van der Waals surface area contributed by atoms with E-state index in [-0.39, 0.29) is 0 Å². The summed E-state index contributed by atoms with van der Waals surface area (Å²) in [5, 5.41) is 0. The Hall–Kier alpha value is -1.06. The van der Waals surface area contributed by atoms with Gasteiger partial charge in [0.05, 0.1) is 0 Å². The standard InChI is InChI=1S/C19H36O4/c1-9-11-13-19(14-12-10-2,15(20)22-17(3,4)5)16(21)23-18(6,7)8/h9-14H2,1-8H3. The van der Waals surface area contributed by atoms with Crippen LogP contribution in [-0.2, 0) is 19.1 Å². The molecule has 0 aromatic carbocycles. The molecular weight excluding hydrogens is 292 g/mol. The molecule has 0 aliphatic carbocycles. The highest BCUT2D eigenvalue weighted by molar-refractivity contribution is 6.00. The van der Waals surface area contributed by atoms with Gasteiger partial charge in [0.2, 0.25) is 0 Å². The molecule has 0 N–H and O–H groups in total. The van der Waals surface area contributed by atoms with Crippen molar-refractivity contribution in [1.82, 2.24) is 0 Å². The Kier molecular flexibility index (Phi) is 8.30. The van der Waals surface area contributed by atoms with E-state index >= 15 is 0 Å². The monoisotopic (exact) mass is 328 g/mol. The second kappa shape index (κ2) is 8.70. The highest BCUT2D eigenvalue weighted by atomic mass is 16.6. The zero-order chi connectivity index (χ0) is 18.3. The first-order valence-electron chi connectivity index (χ1n) is 8.85. The number of hydrogen-bond donors (Lipinski definition) is 0. The summed E-state index contributed by atoms with van der Waals surface area (Å²) < 4.78 is 11.2. The van der Waals surface area contributed by atoms with Crippen LogP contribution in [0.5, 0.6) is 0 Å². The Morgan fingerprint density at radius 2 is 1.00 bits per heavy atom. The van der Waals surface area contributed by atoms with Crippen LogP contribution in [-0.4, -0.2) is 23.1 Å². The van der Waals surface area contributed by atoms with Crippen molar-refractivity contribution >= 4 is 11.9 Å². The lowest BCUT2D eigenvalue weighted by Crippen LogP contribution is -2.46. The van der Waals surface area contributed by atoms with Gasteiger partial charge in [0.25, 0.3) is 0 Å². The summed E-state index contributed by atoms with van der Waals surface area (Å²) in [5.41, 5.74) is -2.43. The van der Waals surface area contributed by atoms with Crippen molar-refractivity contribution < 1.29 is 19.1 Å². The van der Waals surface area contributed by atoms with Crippen LogP contribution in [0.2, 0.25) is 0 Å². The maximum absolute atomic E-state index is 12.9. The van der Waals surface area contributed by atoms with Crippen LogP contribution in [0.4, 0.5) is 0 Å². The molecule has 0 fully saturated rings. The van der Waals surface area contributed by atoms with E-state index in [2.05, 4.69) is 13.8 Å². The zero-order valence-corrected chi connectivity index (χ0v) is 16.4. The molecule has 0 spiro atoms. The number of unbranched alkanes of at least 4 members (excludes halogenated alkanes) is 2. The fraction of sp³-hybridized carbons (Fsp3) is 0.895. The Labute approximate surface area is 142 Å². The van der Waals surface area contributed by atoms with Gasteiger partial charge in [0.15, 0.2) is 5.41 Å². The van der Waals surface area contributed by atoms with Crippen molar-refractivity contribution in [1.29, 1.82) is 0 Å². The summed E-state index contributed by atoms with van der Waals surface area (Å²) in [6.45, 7) is 15.0. The topological polar surface area (TPSA) is 52.6 Å². The molecule has 0 aliphatic rings. The SMILES string of the molecule is CCCCC(CCCC)(C(=O)OC(C)(C)C)C(=O)OC(C)(C)C. The predicted octanol–water partition coefficient (Wildman–Crippen LogP) is 5.04. The molecule has 136 valence electrons. The van der Waals surface area contributed by atoms with E-state index in [9.17, 15) is 9.59 Å². The Morgan fingerprint density at radius 1 is 0.696 bits per heavy atom. The lowest BCUT2D eigenvalue weighted by atomic mass is 9.77. The van der Waals surface area contributed by atoms with Gasteiger partial charge in [-0.05, 0) is 54.4 Å². The molecular formula is C19H36O4. The fourth-order valence-electron chi connectivity index (χ4n) is 2.33. The van der Waals surface area contributed by atoms with Crippen LogP contribution in [0.25, 0.3) is 0 Å². The third-order valence-corrected chi connectivity index (χ3v) is 3.49. The highest BCUT2D eigenvalue weighted by Crippen LogP contribution is 2.37. The van der Waals surface area contributed by atoms with Gasteiger partial charge < -0.3 is 9.47 Å². The number of esters is 2. The highest BCUT2D eigenvalue weighted by Gasteiger charge is 2.49. The maximum atomic E-state index is 12.9. The Balaban J connectivity index is 5.64. The summed E-state index contributed by atoms with van der Waals surface area (Å²) in [5.74, 6) is -0.887. The van der Waals surface area contributed by atoms with Crippen molar-refractivity contribution in [3.05, 3.63) is 0 Å². The van der Waals surface area contributed by atoms with Crippen LogP contribution in [0, 0.1) is 5.41 Å². The quantitative estimate of drug-likeness (QED) is 0.463. The lowest BCUT2D eigenvalue weighted by molar-refractivity contribution is -0.187. The molecule has 0 aliphatic heterocycles. The molecule has 4 heteroatoms. The first kappa shape index (κ1) is 21.9. The molecule has 23 heavy (non-hydrogen) atoms. The average molecular weight is 328 g/mol. The number of carbonyl (C=O) groups is 2. The largest absolute Gasteiger partial charge is 0.459 e. The van der Waals surface area contributed by atoms with Crippen molar-refractivity contribution in [3.8, 4) is 0 Å². The first-order chi connectivity index (χ1) is 10.4. The summed E-state index contributed by atoms with van der Waals surface area (Å²) >= 11 is 0. The van der Waals surface area contributed by atoms with E-state index < -0.39 is 28.6 Å². The van der Waals surface area contributed by atoms with Gasteiger partial charge in [0.1, 0.15) is 11.2 Å². The maximum Gasteiger partial charge on any atom is 0.324 e. The molecule has 0 atom stereocenters. The summed E-state index contributed by atoms with van der Waals surface area (Å²) in [7, 11) is 0. The summed E-state index contributed by atoms with van der Waals surface area (Å²) in [4.78, 5) is 25.8. The van der Waals surface area contributed by atoms with Crippen LogP contribution >= 0.6 is 0 Å². The fourth-order valence-corrected chi connectivity index (χ4v) is 2.33. The predicted molar refractivity (Wildman–Crippen MR) is 93.2 cm³/mol. The molecule has 0 saturated heterocycles. The Morgan fingerprint density at radius 3 is 1.22 bits per heavy atom. The van der Waals surface area contributed by atoms with Gasteiger partial charge in [-0.15, -0.1) is 0 Å². The molecule has 0 aromatic rings. The van der Waals surface area contributed by atoms with Crippen LogP contribution in [0.3, 0.4) is 0 Å². The van der Waals surface area contributed by atoms with E-state index in [1.54, 1.807) is 0 Å². The first-order valence-corrected chi connectivity index (χ1v) is 8.85. The van der Waals surface area contributed by atoms with Crippen molar-refractivity contribution in [2.24, 2.45) is 5.41 Å². The van der Waals surface area contributed by atoms with Crippen LogP contribution in [0.15, 0.2) is 0 Å². The minimum absolute atomic E-state index is 0.443. The number of ether oxygens (including phenoxy) is 2. The number of rotatable bonds is 8. The van der Waals surface area contributed by atoms with Gasteiger partial charge in [-0.25, -0.2) is 0 Å². The molecule has 0 rings (SSSR count). The van der Waals surface area contributed by atoms with Crippen molar-refractivity contribution in [3.63, 3.8) is 0 Å². The van der Waals surface area contributed by atoms with Crippen LogP contribution < -0.4 is 0 Å². The van der Waals surface area contributed by atoms with Crippen molar-refractivity contribution in [2.75, 3.05) is 0 Å². The van der Waals surface area contributed by atoms with E-state index in [0.717, 1.165) is 25.7 Å². The minimum Gasteiger partial charge on any atom is -0.459 e. The number of carbonyl (C=O) groups excluding carboxylic acids is 2. The molecule has 4 nitrogen and oxygen atoms in total. The second-order valence-electron chi connectivity index (χ2n) is 8.29. The average Bonchev–Trinajstić information content (AvgIpc) is 2.35. The summed E-state index contributed by atoms with van der Waals surface area (Å²) in [6.07, 6.45) is 4.38. The molecule has 0 saturated carbocycles. The van der Waals surface area contributed by atoms with Gasteiger partial charge in [0, 0.05) is 0 Å². The van der Waals surface area contributed by atoms with E-state index in [4.69, 9.17) is 9.47 Å². The van der Waals surface area contributed by atoms with E-state index in [1.165, 1.54) is 0 Å². The molecule has 0 heterocycles. The second-order valence-corrected chi connectivity index (χ2v) is 8.29. The third-order valence-electron chi connectivity index (χ3n) is 3.49. The molecule has 0 unspecified atom stereocenters. The smallest absolute Gasteiger partial charge is 0.324 e. The normalized spacial score (nSPS) is 12.9. The van der Waals surface area contributed by atoms with E-state index in [1.807, 2.05) is 41.5 Å². The molecule has 0 radical (unpaired) electrons. The molecule has 0 bridgehead atoms. The van der Waals surface area contributed by atoms with Gasteiger partial charge in [-0.1, -0.05) is 39.5 Å². The minimum atomic E-state index is -1.19. The molecule has 0 amide bonds. The van der Waals surface area contributed by atoms with Crippen molar-refractivity contribution in [2.45, 2.75) is 105 Å². The van der Waals surface area contributed by atoms with E-state index in [0.29, 0.717) is 12.8 Å². The van der Waals surface area contributed by atoms with Crippen LogP contribution in [0.1, 0.15) is 93.9 Å². The van der Waals surface area contributed by atoms with Gasteiger partial charge >= 0.3 is 11.9 Å². The summed E-state index contributed by atoms with van der Waals surface area (Å²) in [6, 6.07) is 0. The lowest BCUT2D eigenvalue weighted by Gasteiger charge is -2.35. The van der Waals surface area contributed by atoms with Gasteiger partial charge in [-0.2, -0.15) is 0 Å². The Bertz CT molecular complexity index is 347. The zero-order valence-electron chi connectivity index (χ0n) is 16.4. The third kappa shape index (κ3) is 7.85. The number of hydrogen-bond acceptors (Lipinski definition) is 4. The molecule has 0 aromatic heterocycles.